The van der Waals surface area contributed by atoms with Crippen LogP contribution in [-0.2, 0) is 6.42 Å². The largest absolute Gasteiger partial charge is 0.342 e. The monoisotopic (exact) mass is 321 g/mol. The molecular formula is C20H23N3O. The summed E-state index contributed by atoms with van der Waals surface area (Å²) in [6.45, 7) is 6.38. The van der Waals surface area contributed by atoms with Gasteiger partial charge < -0.3 is 4.98 Å². The zero-order chi connectivity index (χ0) is 16.9. The number of carbonyl (C=O) groups excluding carboxylic acids is 1. The highest BCUT2D eigenvalue weighted by molar-refractivity contribution is 6.00. The van der Waals surface area contributed by atoms with Gasteiger partial charge in [-0.2, -0.15) is 0 Å². The number of ketones is 1. The van der Waals surface area contributed by atoms with Crippen molar-refractivity contribution in [3.8, 4) is 0 Å². The topological polar surface area (TPSA) is 49.0 Å². The molecule has 0 saturated heterocycles. The Morgan fingerprint density at radius 1 is 1.08 bits per heavy atom. The van der Waals surface area contributed by atoms with Gasteiger partial charge in [0.25, 0.3) is 0 Å². The Kier molecular flexibility index (Phi) is 5.06. The van der Waals surface area contributed by atoms with Crippen LogP contribution in [0.5, 0.6) is 0 Å². The molecule has 0 aliphatic heterocycles. The van der Waals surface area contributed by atoms with Gasteiger partial charge in [-0.15, -0.1) is 0 Å². The number of fused-ring (bicyclic) bond motifs is 1. The molecule has 0 unspecified atom stereocenters. The number of imidazole rings is 1. The van der Waals surface area contributed by atoms with Gasteiger partial charge in [-0.3, -0.25) is 9.69 Å². The van der Waals surface area contributed by atoms with Crippen molar-refractivity contribution in [2.45, 2.75) is 20.3 Å². The van der Waals surface area contributed by atoms with Gasteiger partial charge in [0.2, 0.25) is 0 Å². The summed E-state index contributed by atoms with van der Waals surface area (Å²) in [5, 5.41) is 0. The molecule has 3 aromatic rings. The van der Waals surface area contributed by atoms with Crippen molar-refractivity contribution in [1.29, 1.82) is 0 Å². The van der Waals surface area contributed by atoms with E-state index in [2.05, 4.69) is 40.8 Å². The predicted molar refractivity (Wildman–Crippen MR) is 97.5 cm³/mol. The summed E-state index contributed by atoms with van der Waals surface area (Å²) < 4.78 is 0. The fourth-order valence-electron chi connectivity index (χ4n) is 2.85. The number of hydrogen-bond acceptors (Lipinski definition) is 3. The standard InChI is InChI=1S/C20H23N3O/c1-3-23(4-2)14-19(24)16-10-11-17-18(13-16)22-20(21-17)12-15-8-6-5-7-9-15/h5-11,13H,3-4,12,14H2,1-2H3,(H,21,22). The molecular weight excluding hydrogens is 298 g/mol. The number of hydrogen-bond donors (Lipinski definition) is 1. The van der Waals surface area contributed by atoms with Crippen molar-refractivity contribution in [3.63, 3.8) is 0 Å². The van der Waals surface area contributed by atoms with E-state index in [1.165, 1.54) is 5.56 Å². The van der Waals surface area contributed by atoms with E-state index in [0.29, 0.717) is 6.54 Å². The maximum atomic E-state index is 12.4. The lowest BCUT2D eigenvalue weighted by atomic mass is 10.1. The first-order chi connectivity index (χ1) is 11.7. The zero-order valence-corrected chi connectivity index (χ0v) is 14.2. The van der Waals surface area contributed by atoms with Crippen LogP contribution >= 0.6 is 0 Å². The molecule has 0 atom stereocenters. The molecule has 0 aliphatic rings. The van der Waals surface area contributed by atoms with Crippen molar-refractivity contribution in [2.75, 3.05) is 19.6 Å². The van der Waals surface area contributed by atoms with Crippen LogP contribution in [0.25, 0.3) is 11.0 Å². The van der Waals surface area contributed by atoms with Gasteiger partial charge >= 0.3 is 0 Å². The lowest BCUT2D eigenvalue weighted by Crippen LogP contribution is -2.29. The molecule has 1 N–H and O–H groups in total. The number of carbonyl (C=O) groups is 1. The molecule has 0 bridgehead atoms. The third-order valence-electron chi connectivity index (χ3n) is 4.33. The van der Waals surface area contributed by atoms with Crippen molar-refractivity contribution >= 4 is 16.8 Å². The lowest BCUT2D eigenvalue weighted by Gasteiger charge is -2.16. The summed E-state index contributed by atoms with van der Waals surface area (Å²) in [6.07, 6.45) is 0.762. The molecule has 124 valence electrons. The number of H-pyrrole nitrogens is 1. The first kappa shape index (κ1) is 16.4. The Morgan fingerprint density at radius 3 is 2.54 bits per heavy atom. The minimum Gasteiger partial charge on any atom is -0.342 e. The van der Waals surface area contributed by atoms with Crippen molar-refractivity contribution in [1.82, 2.24) is 14.9 Å². The lowest BCUT2D eigenvalue weighted by molar-refractivity contribution is 0.0937. The smallest absolute Gasteiger partial charge is 0.176 e. The van der Waals surface area contributed by atoms with E-state index in [1.54, 1.807) is 0 Å². The molecule has 0 saturated carbocycles. The summed E-state index contributed by atoms with van der Waals surface area (Å²) >= 11 is 0. The fraction of sp³-hybridized carbons (Fsp3) is 0.300. The van der Waals surface area contributed by atoms with E-state index in [9.17, 15) is 4.79 Å². The summed E-state index contributed by atoms with van der Waals surface area (Å²) in [6, 6.07) is 16.0. The van der Waals surface area contributed by atoms with E-state index < -0.39 is 0 Å². The van der Waals surface area contributed by atoms with Crippen molar-refractivity contribution in [3.05, 3.63) is 65.5 Å². The van der Waals surface area contributed by atoms with Gasteiger partial charge in [0.15, 0.2) is 5.78 Å². The summed E-state index contributed by atoms with van der Waals surface area (Å²) in [4.78, 5) is 22.5. The van der Waals surface area contributed by atoms with Crippen LogP contribution in [0, 0.1) is 0 Å². The first-order valence-electron chi connectivity index (χ1n) is 8.47. The number of nitrogens with one attached hydrogen (secondary N) is 1. The summed E-state index contributed by atoms with van der Waals surface area (Å²) in [7, 11) is 0. The first-order valence-corrected chi connectivity index (χ1v) is 8.47. The Labute approximate surface area is 142 Å². The van der Waals surface area contributed by atoms with Gasteiger partial charge in [-0.1, -0.05) is 44.2 Å². The molecule has 2 aromatic carbocycles. The molecule has 0 fully saturated rings. The second-order valence-corrected chi connectivity index (χ2v) is 5.96. The number of Topliss-reactive ketones (excluding diaryl/α,β-unsaturated/α-hetero) is 1. The number of benzene rings is 2. The molecule has 0 spiro atoms. The maximum Gasteiger partial charge on any atom is 0.176 e. The second-order valence-electron chi connectivity index (χ2n) is 5.96. The fourth-order valence-corrected chi connectivity index (χ4v) is 2.85. The number of rotatable bonds is 7. The van der Waals surface area contributed by atoms with Gasteiger partial charge in [0.1, 0.15) is 5.82 Å². The van der Waals surface area contributed by atoms with Gasteiger partial charge in [-0.25, -0.2) is 4.98 Å². The van der Waals surface area contributed by atoms with Crippen molar-refractivity contribution < 1.29 is 4.79 Å². The average Bonchev–Trinajstić information content (AvgIpc) is 3.01. The Hall–Kier alpha value is -2.46. The van der Waals surface area contributed by atoms with Crippen LogP contribution in [-0.4, -0.2) is 40.3 Å². The van der Waals surface area contributed by atoms with E-state index >= 15 is 0 Å². The second kappa shape index (κ2) is 7.41. The summed E-state index contributed by atoms with van der Waals surface area (Å²) in [5.41, 5.74) is 3.78. The molecule has 4 heteroatoms. The minimum atomic E-state index is 0.153. The summed E-state index contributed by atoms with van der Waals surface area (Å²) in [5.74, 6) is 1.07. The predicted octanol–water partition coefficient (Wildman–Crippen LogP) is 3.68. The molecule has 1 aromatic heterocycles. The minimum absolute atomic E-state index is 0.153. The van der Waals surface area contributed by atoms with Crippen LogP contribution in [0.1, 0.15) is 35.6 Å². The molecule has 4 nitrogen and oxygen atoms in total. The highest BCUT2D eigenvalue weighted by Gasteiger charge is 2.12. The SMILES string of the molecule is CCN(CC)CC(=O)c1ccc2nc(Cc3ccccc3)[nH]c2c1. The van der Waals surface area contributed by atoms with Gasteiger partial charge in [0.05, 0.1) is 17.6 Å². The van der Waals surface area contributed by atoms with E-state index in [1.807, 2.05) is 36.4 Å². The van der Waals surface area contributed by atoms with Crippen LogP contribution in [0.2, 0.25) is 0 Å². The van der Waals surface area contributed by atoms with Crippen LogP contribution < -0.4 is 0 Å². The molecule has 0 radical (unpaired) electrons. The van der Waals surface area contributed by atoms with E-state index in [0.717, 1.165) is 41.9 Å². The molecule has 0 amide bonds. The number of aromatic nitrogens is 2. The zero-order valence-electron chi connectivity index (χ0n) is 14.2. The van der Waals surface area contributed by atoms with Gasteiger partial charge in [-0.05, 0) is 36.9 Å². The average molecular weight is 321 g/mol. The maximum absolute atomic E-state index is 12.4. The van der Waals surface area contributed by atoms with Gasteiger partial charge in [0, 0.05) is 12.0 Å². The third kappa shape index (κ3) is 3.71. The molecule has 24 heavy (non-hydrogen) atoms. The Balaban J connectivity index is 1.80. The normalized spacial score (nSPS) is 11.3. The number of aromatic amines is 1. The van der Waals surface area contributed by atoms with Crippen molar-refractivity contribution in [2.24, 2.45) is 0 Å². The van der Waals surface area contributed by atoms with Crippen LogP contribution in [0.3, 0.4) is 0 Å². The highest BCUT2D eigenvalue weighted by Crippen LogP contribution is 2.16. The molecule has 1 heterocycles. The highest BCUT2D eigenvalue weighted by atomic mass is 16.1. The number of likely N-dealkylation sites (N-methyl/N-ethyl adjacent to an activating group) is 1. The van der Waals surface area contributed by atoms with E-state index in [4.69, 9.17) is 0 Å². The molecule has 0 aliphatic carbocycles. The molecule has 3 rings (SSSR count). The number of nitrogens with zero attached hydrogens (tertiary/aromatic N) is 2. The van der Waals surface area contributed by atoms with Crippen LogP contribution in [0.4, 0.5) is 0 Å². The Bertz CT molecular complexity index is 819. The van der Waals surface area contributed by atoms with Crippen LogP contribution in [0.15, 0.2) is 48.5 Å². The Morgan fingerprint density at radius 2 is 1.83 bits per heavy atom. The van der Waals surface area contributed by atoms with E-state index in [-0.39, 0.29) is 5.78 Å². The third-order valence-corrected chi connectivity index (χ3v) is 4.33. The quantitative estimate of drug-likeness (QED) is 0.675.